The summed E-state index contributed by atoms with van der Waals surface area (Å²) in [6, 6.07) is 5.58. The van der Waals surface area contributed by atoms with Gasteiger partial charge in [0.1, 0.15) is 0 Å². The lowest BCUT2D eigenvalue weighted by atomic mass is 10.1. The maximum atomic E-state index is 12.2. The molecule has 0 saturated carbocycles. The highest BCUT2D eigenvalue weighted by molar-refractivity contribution is 6.08. The van der Waals surface area contributed by atoms with Crippen LogP contribution in [0.3, 0.4) is 0 Å². The fourth-order valence-corrected chi connectivity index (χ4v) is 2.52. The minimum Gasteiger partial charge on any atom is -0.378 e. The van der Waals surface area contributed by atoms with E-state index in [1.165, 1.54) is 4.90 Å². The quantitative estimate of drug-likeness (QED) is 0.813. The number of hydrogen-bond acceptors (Lipinski definition) is 4. The van der Waals surface area contributed by atoms with Crippen LogP contribution in [0.5, 0.6) is 0 Å². The normalized spacial score (nSPS) is 19.4. The van der Waals surface area contributed by atoms with Crippen LogP contribution in [0.25, 0.3) is 0 Å². The van der Waals surface area contributed by atoms with E-state index in [2.05, 4.69) is 10.2 Å². The van der Waals surface area contributed by atoms with Gasteiger partial charge in [-0.15, -0.1) is 0 Å². The van der Waals surface area contributed by atoms with Crippen molar-refractivity contribution in [2.75, 3.05) is 50.1 Å². The second kappa shape index (κ2) is 5.13. The summed E-state index contributed by atoms with van der Waals surface area (Å²) in [5.74, 6) is -0.300. The van der Waals surface area contributed by atoms with E-state index in [1.54, 1.807) is 13.1 Å². The van der Waals surface area contributed by atoms with Crippen molar-refractivity contribution in [3.05, 3.63) is 23.8 Å². The Hall–Kier alpha value is -2.08. The second-order valence-electron chi connectivity index (χ2n) is 5.04. The van der Waals surface area contributed by atoms with Crippen molar-refractivity contribution in [2.24, 2.45) is 0 Å². The number of carbonyl (C=O) groups excluding carboxylic acids is 2. The number of nitrogens with one attached hydrogen (secondary N) is 1. The standard InChI is InChI=1S/C14H17N3O3/c1-16-9-13(18)15-12-8-10(2-3-11(12)14(16)19)17-4-6-20-7-5-17/h2-3,8H,4-7,9H2,1H3,(H,15,18). The van der Waals surface area contributed by atoms with Crippen LogP contribution in [-0.2, 0) is 9.53 Å². The lowest BCUT2D eigenvalue weighted by Gasteiger charge is -2.29. The summed E-state index contributed by atoms with van der Waals surface area (Å²) in [6.45, 7) is 3.12. The topological polar surface area (TPSA) is 61.9 Å². The van der Waals surface area contributed by atoms with Gasteiger partial charge < -0.3 is 19.9 Å². The first-order valence-electron chi connectivity index (χ1n) is 6.67. The Morgan fingerprint density at radius 3 is 2.70 bits per heavy atom. The van der Waals surface area contributed by atoms with Gasteiger partial charge >= 0.3 is 0 Å². The number of morpholine rings is 1. The Balaban J connectivity index is 1.95. The summed E-state index contributed by atoms with van der Waals surface area (Å²) in [4.78, 5) is 27.5. The van der Waals surface area contributed by atoms with Gasteiger partial charge in [-0.25, -0.2) is 0 Å². The zero-order chi connectivity index (χ0) is 14.1. The fourth-order valence-electron chi connectivity index (χ4n) is 2.52. The van der Waals surface area contributed by atoms with E-state index in [4.69, 9.17) is 4.74 Å². The number of nitrogens with zero attached hydrogens (tertiary/aromatic N) is 2. The van der Waals surface area contributed by atoms with Crippen molar-refractivity contribution in [3.63, 3.8) is 0 Å². The molecule has 1 N–H and O–H groups in total. The maximum absolute atomic E-state index is 12.2. The molecule has 0 aromatic heterocycles. The Morgan fingerprint density at radius 2 is 1.95 bits per heavy atom. The predicted octanol–water partition coefficient (Wildman–Crippen LogP) is 0.547. The lowest BCUT2D eigenvalue weighted by molar-refractivity contribution is -0.116. The molecule has 2 aliphatic rings. The van der Waals surface area contributed by atoms with Crippen LogP contribution in [0.15, 0.2) is 18.2 Å². The number of carbonyl (C=O) groups is 2. The molecule has 106 valence electrons. The SMILES string of the molecule is CN1CC(=O)Nc2cc(N3CCOCC3)ccc2C1=O. The third kappa shape index (κ3) is 2.34. The molecular formula is C14H17N3O3. The molecule has 0 aliphatic carbocycles. The number of ether oxygens (including phenoxy) is 1. The highest BCUT2D eigenvalue weighted by Gasteiger charge is 2.24. The Kier molecular flexibility index (Phi) is 3.31. The van der Waals surface area contributed by atoms with Crippen LogP contribution in [0.2, 0.25) is 0 Å². The molecule has 2 aliphatic heterocycles. The molecule has 20 heavy (non-hydrogen) atoms. The van der Waals surface area contributed by atoms with Crippen LogP contribution in [0.4, 0.5) is 11.4 Å². The van der Waals surface area contributed by atoms with Crippen LogP contribution in [0, 0.1) is 0 Å². The zero-order valence-electron chi connectivity index (χ0n) is 11.4. The van der Waals surface area contributed by atoms with Gasteiger partial charge in [0.25, 0.3) is 5.91 Å². The first-order valence-corrected chi connectivity index (χ1v) is 6.67. The summed E-state index contributed by atoms with van der Waals surface area (Å²) in [7, 11) is 1.63. The molecular weight excluding hydrogens is 258 g/mol. The molecule has 6 nitrogen and oxygen atoms in total. The molecule has 0 spiro atoms. The monoisotopic (exact) mass is 275 g/mol. The van der Waals surface area contributed by atoms with Crippen LogP contribution in [0.1, 0.15) is 10.4 Å². The molecule has 6 heteroatoms. The lowest BCUT2D eigenvalue weighted by Crippen LogP contribution is -2.36. The first-order chi connectivity index (χ1) is 9.65. The maximum Gasteiger partial charge on any atom is 0.256 e. The van der Waals surface area contributed by atoms with E-state index in [9.17, 15) is 9.59 Å². The third-order valence-electron chi connectivity index (χ3n) is 3.61. The van der Waals surface area contributed by atoms with Crippen molar-refractivity contribution >= 4 is 23.2 Å². The summed E-state index contributed by atoms with van der Waals surface area (Å²) in [5, 5.41) is 2.80. The minimum absolute atomic E-state index is 0.0837. The summed E-state index contributed by atoms with van der Waals surface area (Å²) < 4.78 is 5.33. The zero-order valence-corrected chi connectivity index (χ0v) is 11.4. The first kappa shape index (κ1) is 12.9. The predicted molar refractivity (Wildman–Crippen MR) is 75.1 cm³/mol. The molecule has 0 radical (unpaired) electrons. The van der Waals surface area contributed by atoms with Gasteiger partial charge in [0.2, 0.25) is 5.91 Å². The third-order valence-corrected chi connectivity index (χ3v) is 3.61. The van der Waals surface area contributed by atoms with Gasteiger partial charge in [0.05, 0.1) is 31.0 Å². The number of benzene rings is 1. The minimum atomic E-state index is -0.168. The largest absolute Gasteiger partial charge is 0.378 e. The van der Waals surface area contributed by atoms with Gasteiger partial charge in [-0.1, -0.05) is 0 Å². The number of amides is 2. The Labute approximate surface area is 117 Å². The van der Waals surface area contributed by atoms with E-state index in [-0.39, 0.29) is 18.4 Å². The fraction of sp³-hybridized carbons (Fsp3) is 0.429. The number of likely N-dealkylation sites (N-methyl/N-ethyl adjacent to an activating group) is 1. The molecule has 2 amide bonds. The van der Waals surface area contributed by atoms with E-state index in [0.29, 0.717) is 24.5 Å². The van der Waals surface area contributed by atoms with Crippen LogP contribution >= 0.6 is 0 Å². The van der Waals surface area contributed by atoms with Gasteiger partial charge in [-0.05, 0) is 18.2 Å². The van der Waals surface area contributed by atoms with Gasteiger partial charge in [-0.3, -0.25) is 9.59 Å². The average Bonchev–Trinajstić information content (AvgIpc) is 2.56. The van der Waals surface area contributed by atoms with E-state index in [0.717, 1.165) is 18.8 Å². The molecule has 0 bridgehead atoms. The van der Waals surface area contributed by atoms with Gasteiger partial charge in [0, 0.05) is 25.8 Å². The molecule has 1 fully saturated rings. The highest BCUT2D eigenvalue weighted by Crippen LogP contribution is 2.27. The average molecular weight is 275 g/mol. The molecule has 2 heterocycles. The number of anilines is 2. The molecule has 1 aromatic rings. The smallest absolute Gasteiger partial charge is 0.256 e. The van der Waals surface area contributed by atoms with E-state index in [1.807, 2.05) is 12.1 Å². The molecule has 1 saturated heterocycles. The molecule has 0 atom stereocenters. The van der Waals surface area contributed by atoms with Crippen molar-refractivity contribution < 1.29 is 14.3 Å². The van der Waals surface area contributed by atoms with E-state index < -0.39 is 0 Å². The van der Waals surface area contributed by atoms with Crippen LogP contribution < -0.4 is 10.2 Å². The molecule has 3 rings (SSSR count). The summed E-state index contributed by atoms with van der Waals surface area (Å²) >= 11 is 0. The van der Waals surface area contributed by atoms with Crippen molar-refractivity contribution in [2.45, 2.75) is 0 Å². The molecule has 1 aromatic carbocycles. The number of rotatable bonds is 1. The molecule has 0 unspecified atom stereocenters. The summed E-state index contributed by atoms with van der Waals surface area (Å²) in [6.07, 6.45) is 0. The highest BCUT2D eigenvalue weighted by atomic mass is 16.5. The Bertz CT molecular complexity index is 553. The van der Waals surface area contributed by atoms with Crippen LogP contribution in [-0.4, -0.2) is 56.6 Å². The van der Waals surface area contributed by atoms with Crippen molar-refractivity contribution in [1.82, 2.24) is 4.90 Å². The Morgan fingerprint density at radius 1 is 1.20 bits per heavy atom. The van der Waals surface area contributed by atoms with Gasteiger partial charge in [0.15, 0.2) is 0 Å². The number of fused-ring (bicyclic) bond motifs is 1. The second-order valence-corrected chi connectivity index (χ2v) is 5.04. The van der Waals surface area contributed by atoms with E-state index >= 15 is 0 Å². The summed E-state index contributed by atoms with van der Waals surface area (Å²) in [5.41, 5.74) is 2.13. The van der Waals surface area contributed by atoms with Crippen molar-refractivity contribution in [1.29, 1.82) is 0 Å². The van der Waals surface area contributed by atoms with Crippen molar-refractivity contribution in [3.8, 4) is 0 Å². The van der Waals surface area contributed by atoms with Gasteiger partial charge in [-0.2, -0.15) is 0 Å². The number of hydrogen-bond donors (Lipinski definition) is 1.